The zero-order valence-electron chi connectivity index (χ0n) is 11.3. The summed E-state index contributed by atoms with van der Waals surface area (Å²) in [6.45, 7) is 2.36. The molecule has 0 aliphatic heterocycles. The molecular weight excluding hydrogens is 314 g/mol. The monoisotopic (exact) mass is 327 g/mol. The second kappa shape index (κ2) is 6.32. The van der Waals surface area contributed by atoms with E-state index in [2.05, 4.69) is 0 Å². The predicted molar refractivity (Wildman–Crippen MR) is 80.4 cm³/mol. The summed E-state index contributed by atoms with van der Waals surface area (Å²) in [4.78, 5) is 11.6. The van der Waals surface area contributed by atoms with E-state index in [1.165, 1.54) is 22.8 Å². The Labute approximate surface area is 127 Å². The van der Waals surface area contributed by atoms with Gasteiger partial charge < -0.3 is 9.30 Å². The minimum atomic E-state index is -3.75. The third-order valence-electron chi connectivity index (χ3n) is 2.91. The maximum absolute atomic E-state index is 11.5. The molecule has 0 radical (unpaired) electrons. The van der Waals surface area contributed by atoms with Crippen molar-refractivity contribution in [3.05, 3.63) is 58.5 Å². The maximum atomic E-state index is 11.5. The number of ether oxygens (including phenoxy) is 1. The molecule has 0 N–H and O–H groups in total. The molecule has 0 spiro atoms. The number of pyridine rings is 1. The van der Waals surface area contributed by atoms with Crippen LogP contribution in [0.1, 0.15) is 5.56 Å². The van der Waals surface area contributed by atoms with E-state index in [-0.39, 0.29) is 10.5 Å². The molecule has 0 saturated carbocycles. The fourth-order valence-corrected chi connectivity index (χ4v) is 3.09. The smallest absolute Gasteiger partial charge is 0.261 e. The zero-order chi connectivity index (χ0) is 15.5. The lowest BCUT2D eigenvalue weighted by Crippen LogP contribution is -2.21. The van der Waals surface area contributed by atoms with Gasteiger partial charge in [0, 0.05) is 22.9 Å². The van der Waals surface area contributed by atoms with Crippen LogP contribution >= 0.6 is 10.7 Å². The van der Waals surface area contributed by atoms with E-state index in [1.807, 2.05) is 0 Å². The standard InChI is InChI=1S/C14H14ClNO4S/c1-11-10-12(5-6-13(11)21(15,18)19)20-9-8-16-7-3-2-4-14(16)17/h2-7,10H,8-9H2,1H3. The third kappa shape index (κ3) is 4.09. The highest BCUT2D eigenvalue weighted by molar-refractivity contribution is 8.13. The van der Waals surface area contributed by atoms with Gasteiger partial charge in [-0.2, -0.15) is 0 Å². The van der Waals surface area contributed by atoms with Gasteiger partial charge in [0.25, 0.3) is 14.6 Å². The zero-order valence-corrected chi connectivity index (χ0v) is 12.9. The molecule has 2 aromatic rings. The Kier molecular flexibility index (Phi) is 4.69. The molecule has 0 fully saturated rings. The van der Waals surface area contributed by atoms with Gasteiger partial charge >= 0.3 is 0 Å². The summed E-state index contributed by atoms with van der Waals surface area (Å²) in [7, 11) is 1.56. The van der Waals surface area contributed by atoms with E-state index in [0.29, 0.717) is 24.5 Å². The van der Waals surface area contributed by atoms with Crippen molar-refractivity contribution in [3.63, 3.8) is 0 Å². The van der Waals surface area contributed by atoms with E-state index < -0.39 is 9.05 Å². The molecule has 7 heteroatoms. The molecule has 21 heavy (non-hydrogen) atoms. The Bertz CT molecular complexity index is 799. The topological polar surface area (TPSA) is 65.4 Å². The molecule has 1 aromatic heterocycles. The Balaban J connectivity index is 2.03. The Morgan fingerprint density at radius 1 is 1.24 bits per heavy atom. The normalized spacial score (nSPS) is 11.3. The lowest BCUT2D eigenvalue weighted by atomic mass is 10.2. The quantitative estimate of drug-likeness (QED) is 0.789. The molecule has 0 bridgehead atoms. The Hall–Kier alpha value is -1.79. The number of nitrogens with zero attached hydrogens (tertiary/aromatic N) is 1. The van der Waals surface area contributed by atoms with E-state index in [9.17, 15) is 13.2 Å². The number of hydrogen-bond donors (Lipinski definition) is 0. The number of halogens is 1. The lowest BCUT2D eigenvalue weighted by Gasteiger charge is -2.09. The van der Waals surface area contributed by atoms with Crippen molar-refractivity contribution in [1.29, 1.82) is 0 Å². The Morgan fingerprint density at radius 3 is 2.62 bits per heavy atom. The molecule has 0 aliphatic rings. The molecule has 5 nitrogen and oxygen atoms in total. The van der Waals surface area contributed by atoms with Gasteiger partial charge in [0.15, 0.2) is 0 Å². The largest absolute Gasteiger partial charge is 0.492 e. The van der Waals surface area contributed by atoms with Crippen LogP contribution in [-0.2, 0) is 15.6 Å². The minimum Gasteiger partial charge on any atom is -0.492 e. The summed E-state index contributed by atoms with van der Waals surface area (Å²) in [5.41, 5.74) is 0.417. The van der Waals surface area contributed by atoms with Crippen molar-refractivity contribution in [2.45, 2.75) is 18.4 Å². The van der Waals surface area contributed by atoms with Gasteiger partial charge in [-0.05, 0) is 36.8 Å². The van der Waals surface area contributed by atoms with Gasteiger partial charge in [0.2, 0.25) is 0 Å². The van der Waals surface area contributed by atoms with Gasteiger partial charge in [-0.1, -0.05) is 6.07 Å². The van der Waals surface area contributed by atoms with Crippen molar-refractivity contribution in [2.75, 3.05) is 6.61 Å². The average Bonchev–Trinajstić information content (AvgIpc) is 2.39. The predicted octanol–water partition coefficient (Wildman–Crippen LogP) is 2.16. The van der Waals surface area contributed by atoms with Crippen molar-refractivity contribution in [2.24, 2.45) is 0 Å². The minimum absolute atomic E-state index is 0.0656. The van der Waals surface area contributed by atoms with Crippen LogP contribution in [0.15, 0.2) is 52.3 Å². The van der Waals surface area contributed by atoms with Crippen molar-refractivity contribution < 1.29 is 13.2 Å². The van der Waals surface area contributed by atoms with Crippen LogP contribution in [0.4, 0.5) is 0 Å². The molecule has 0 atom stereocenters. The molecule has 0 amide bonds. The molecular formula is C14H14ClNO4S. The summed E-state index contributed by atoms with van der Waals surface area (Å²) in [6, 6.07) is 9.46. The van der Waals surface area contributed by atoms with Crippen LogP contribution in [0.5, 0.6) is 5.75 Å². The van der Waals surface area contributed by atoms with Gasteiger partial charge in [0.05, 0.1) is 11.4 Å². The average molecular weight is 328 g/mol. The summed E-state index contributed by atoms with van der Waals surface area (Å²) in [5, 5.41) is 0. The molecule has 0 saturated heterocycles. The number of aromatic nitrogens is 1. The van der Waals surface area contributed by atoms with Crippen molar-refractivity contribution in [3.8, 4) is 5.75 Å². The highest BCUT2D eigenvalue weighted by atomic mass is 35.7. The summed E-state index contributed by atoms with van der Waals surface area (Å²) in [5.74, 6) is 0.528. The van der Waals surface area contributed by atoms with Gasteiger partial charge in [-0.3, -0.25) is 4.79 Å². The van der Waals surface area contributed by atoms with Crippen molar-refractivity contribution in [1.82, 2.24) is 4.57 Å². The van der Waals surface area contributed by atoms with Crippen LogP contribution in [0.25, 0.3) is 0 Å². The first-order valence-electron chi connectivity index (χ1n) is 6.21. The van der Waals surface area contributed by atoms with Crippen LogP contribution in [0, 0.1) is 6.92 Å². The highest BCUT2D eigenvalue weighted by Gasteiger charge is 2.13. The number of hydrogen-bond acceptors (Lipinski definition) is 4. The molecule has 1 aromatic carbocycles. The van der Waals surface area contributed by atoms with E-state index in [4.69, 9.17) is 15.4 Å². The third-order valence-corrected chi connectivity index (χ3v) is 4.39. The highest BCUT2D eigenvalue weighted by Crippen LogP contribution is 2.23. The summed E-state index contributed by atoms with van der Waals surface area (Å²) in [6.07, 6.45) is 1.68. The molecule has 1 heterocycles. The summed E-state index contributed by atoms with van der Waals surface area (Å²) < 4.78 is 29.6. The Morgan fingerprint density at radius 2 is 2.00 bits per heavy atom. The number of benzene rings is 1. The summed E-state index contributed by atoms with van der Waals surface area (Å²) >= 11 is 0. The van der Waals surface area contributed by atoms with E-state index >= 15 is 0 Å². The van der Waals surface area contributed by atoms with Crippen LogP contribution in [-0.4, -0.2) is 19.6 Å². The van der Waals surface area contributed by atoms with Crippen LogP contribution in [0.3, 0.4) is 0 Å². The van der Waals surface area contributed by atoms with E-state index in [1.54, 1.807) is 31.3 Å². The molecule has 0 unspecified atom stereocenters. The molecule has 2 rings (SSSR count). The first-order valence-corrected chi connectivity index (χ1v) is 8.52. The first-order chi connectivity index (χ1) is 9.88. The molecule has 112 valence electrons. The second-order valence-corrected chi connectivity index (χ2v) is 6.98. The SMILES string of the molecule is Cc1cc(OCCn2ccccc2=O)ccc1S(=O)(=O)Cl. The fourth-order valence-electron chi connectivity index (χ4n) is 1.89. The van der Waals surface area contributed by atoms with Crippen LogP contribution < -0.4 is 10.3 Å². The van der Waals surface area contributed by atoms with E-state index in [0.717, 1.165) is 0 Å². The maximum Gasteiger partial charge on any atom is 0.261 e. The second-order valence-electron chi connectivity index (χ2n) is 4.45. The van der Waals surface area contributed by atoms with Crippen LogP contribution in [0.2, 0.25) is 0 Å². The van der Waals surface area contributed by atoms with Crippen molar-refractivity contribution >= 4 is 19.7 Å². The number of aryl methyl sites for hydroxylation is 1. The van der Waals surface area contributed by atoms with Gasteiger partial charge in [0.1, 0.15) is 12.4 Å². The van der Waals surface area contributed by atoms with Gasteiger partial charge in [-0.25, -0.2) is 8.42 Å². The lowest BCUT2D eigenvalue weighted by molar-refractivity contribution is 0.296. The fraction of sp³-hybridized carbons (Fsp3) is 0.214. The van der Waals surface area contributed by atoms with Gasteiger partial charge in [-0.15, -0.1) is 0 Å². The first kappa shape index (κ1) is 15.6. The number of rotatable bonds is 5. The molecule has 0 aliphatic carbocycles.